The molecule has 1 nitrogen and oxygen atoms in total. The molecule has 2 N–H and O–H groups in total. The molecule has 0 saturated carbocycles. The molecule has 0 heterocycles. The van der Waals surface area contributed by atoms with Crippen LogP contribution in [0.3, 0.4) is 0 Å². The SMILES string of the molecule is O.[B].[Ca+2].[H-].[H-].[Y]. The molecule has 0 fully saturated rings. The molecule has 0 rings (SSSR count). The number of hydrogen-bond acceptors (Lipinski definition) is 0. The van der Waals surface area contributed by atoms with Crippen LogP contribution < -0.4 is 0 Å². The van der Waals surface area contributed by atoms with Crippen molar-refractivity contribution < 1.29 is 41.0 Å². The van der Waals surface area contributed by atoms with Crippen LogP contribution in [0.1, 0.15) is 2.85 Å². The van der Waals surface area contributed by atoms with Crippen LogP contribution >= 0.6 is 0 Å². The number of rotatable bonds is 0. The first-order valence-electron chi connectivity index (χ1n) is 0. The van der Waals surface area contributed by atoms with Gasteiger partial charge in [0.15, 0.2) is 0 Å². The van der Waals surface area contributed by atoms with Gasteiger partial charge in [-0.3, -0.25) is 0 Å². The van der Waals surface area contributed by atoms with Crippen molar-refractivity contribution in [3.8, 4) is 0 Å². The molecule has 0 amide bonds. The average Bonchev–Trinajstić information content (AvgIpc) is 0. The first-order valence-corrected chi connectivity index (χ1v) is 0. The maximum atomic E-state index is 0. The Bertz CT molecular complexity index is 13.5. The minimum absolute atomic E-state index is 0. The third-order valence-electron chi connectivity index (χ3n) is 0. The number of hydrogen-bond donors (Lipinski definition) is 0. The molecule has 0 spiro atoms. The van der Waals surface area contributed by atoms with Crippen LogP contribution in [0.4, 0.5) is 0 Å². The van der Waals surface area contributed by atoms with E-state index in [1.807, 2.05) is 0 Å². The van der Waals surface area contributed by atoms with Crippen molar-refractivity contribution in [2.24, 2.45) is 0 Å². The summed E-state index contributed by atoms with van der Waals surface area (Å²) in [6.07, 6.45) is 0. The van der Waals surface area contributed by atoms with E-state index in [-0.39, 0.29) is 87.2 Å². The minimum atomic E-state index is 0. The van der Waals surface area contributed by atoms with Gasteiger partial charge in [0.05, 0.1) is 0 Å². The zero-order chi connectivity index (χ0) is 0. The van der Waals surface area contributed by atoms with E-state index in [9.17, 15) is 0 Å². The van der Waals surface area contributed by atoms with Crippen LogP contribution in [0.2, 0.25) is 0 Å². The van der Waals surface area contributed by atoms with Gasteiger partial charge in [0, 0.05) is 41.1 Å². The summed E-state index contributed by atoms with van der Waals surface area (Å²) in [5.41, 5.74) is 0. The molecule has 0 unspecified atom stereocenters. The van der Waals surface area contributed by atoms with Gasteiger partial charge in [-0.1, -0.05) is 0 Å². The van der Waals surface area contributed by atoms with Crippen LogP contribution in [0.25, 0.3) is 0 Å². The second-order valence-corrected chi connectivity index (χ2v) is 0. The van der Waals surface area contributed by atoms with Gasteiger partial charge in [0.25, 0.3) is 0 Å². The van der Waals surface area contributed by atoms with Crippen molar-refractivity contribution in [3.05, 3.63) is 0 Å². The summed E-state index contributed by atoms with van der Waals surface area (Å²) in [4.78, 5) is 0. The van der Waals surface area contributed by atoms with Gasteiger partial charge in [-0.15, -0.1) is 0 Å². The maximum Gasteiger partial charge on any atom is 2.00 e. The van der Waals surface area contributed by atoms with Crippen LogP contribution in [0, 0.1) is 0 Å². The molecule has 0 aromatic carbocycles. The van der Waals surface area contributed by atoms with Gasteiger partial charge >= 0.3 is 37.7 Å². The first-order chi connectivity index (χ1) is 0. The summed E-state index contributed by atoms with van der Waals surface area (Å²) in [6.45, 7) is 0. The summed E-state index contributed by atoms with van der Waals surface area (Å²) in [7, 11) is 0. The van der Waals surface area contributed by atoms with E-state index < -0.39 is 0 Å². The van der Waals surface area contributed by atoms with E-state index in [4.69, 9.17) is 0 Å². The van der Waals surface area contributed by atoms with Crippen LogP contribution in [-0.4, -0.2) is 51.6 Å². The Labute approximate surface area is 85.6 Å². The molecule has 0 bridgehead atoms. The first kappa shape index (κ1) is 32.5. The molecule has 0 aliphatic heterocycles. The topological polar surface area (TPSA) is 31.5 Å². The smallest absolute Gasteiger partial charge is 1.00 e. The van der Waals surface area contributed by atoms with E-state index in [2.05, 4.69) is 0 Å². The molecular formula is H4BCaOY. The van der Waals surface area contributed by atoms with Gasteiger partial charge in [-0.25, -0.2) is 0 Å². The van der Waals surface area contributed by atoms with Crippen LogP contribution in [0.5, 0.6) is 0 Å². The quantitative estimate of drug-likeness (QED) is 0.391. The summed E-state index contributed by atoms with van der Waals surface area (Å²) in [6, 6.07) is 0. The Morgan fingerprint density at radius 3 is 1.25 bits per heavy atom. The van der Waals surface area contributed by atoms with Crippen molar-refractivity contribution >= 4 is 46.2 Å². The fourth-order valence-corrected chi connectivity index (χ4v) is 0. The summed E-state index contributed by atoms with van der Waals surface area (Å²) in [5, 5.41) is 0. The van der Waals surface area contributed by atoms with E-state index in [0.717, 1.165) is 0 Å². The molecule has 0 aromatic rings. The van der Waals surface area contributed by atoms with Crippen molar-refractivity contribution in [3.63, 3.8) is 0 Å². The third-order valence-corrected chi connectivity index (χ3v) is 0. The van der Waals surface area contributed by atoms with Gasteiger partial charge in [0.1, 0.15) is 0 Å². The zero-order valence-corrected chi connectivity index (χ0v) is 7.41. The van der Waals surface area contributed by atoms with Crippen molar-refractivity contribution in [2.45, 2.75) is 0 Å². The molecule has 18 valence electrons. The summed E-state index contributed by atoms with van der Waals surface area (Å²) >= 11 is 0. The molecule has 4 heteroatoms. The predicted molar refractivity (Wildman–Crippen MR) is 17.3 cm³/mol. The molecule has 0 aliphatic carbocycles. The van der Waals surface area contributed by atoms with Gasteiger partial charge < -0.3 is 8.33 Å². The largest absolute Gasteiger partial charge is 2.00 e. The van der Waals surface area contributed by atoms with Crippen molar-refractivity contribution in [1.82, 2.24) is 0 Å². The Balaban J connectivity index is 0. The second-order valence-electron chi connectivity index (χ2n) is 0. The molecular weight excluding hydrogens is 156 g/mol. The maximum absolute atomic E-state index is 0. The monoisotopic (exact) mass is 160 g/mol. The normalized spacial score (nSPS) is 0. The van der Waals surface area contributed by atoms with E-state index in [0.29, 0.717) is 0 Å². The molecule has 4 heavy (non-hydrogen) atoms. The molecule has 4 radical (unpaired) electrons. The Morgan fingerprint density at radius 1 is 1.25 bits per heavy atom. The van der Waals surface area contributed by atoms with E-state index in [1.165, 1.54) is 0 Å². The predicted octanol–water partition coefficient (Wildman–Crippen LogP) is -1.36. The fourth-order valence-electron chi connectivity index (χ4n) is 0. The Hall–Kier alpha value is 2.39. The van der Waals surface area contributed by atoms with E-state index in [1.54, 1.807) is 0 Å². The molecule has 0 aromatic heterocycles. The zero-order valence-electron chi connectivity index (χ0n) is 4.36. The molecule has 0 saturated heterocycles. The third kappa shape index (κ3) is 8.83. The van der Waals surface area contributed by atoms with E-state index >= 15 is 0 Å². The van der Waals surface area contributed by atoms with Gasteiger partial charge in [0.2, 0.25) is 0 Å². The summed E-state index contributed by atoms with van der Waals surface area (Å²) < 4.78 is 0. The van der Waals surface area contributed by atoms with Crippen LogP contribution in [-0.2, 0) is 32.7 Å². The Kier molecular flexibility index (Phi) is 148. The summed E-state index contributed by atoms with van der Waals surface area (Å²) in [5.74, 6) is 0. The molecule has 0 atom stereocenters. The average molecular weight is 160 g/mol. The Morgan fingerprint density at radius 2 is 1.25 bits per heavy atom. The molecule has 0 aliphatic rings. The fraction of sp³-hybridized carbons (Fsp3) is 0. The second kappa shape index (κ2) is 18.2. The van der Waals surface area contributed by atoms with Gasteiger partial charge in [-0.2, -0.15) is 0 Å². The van der Waals surface area contributed by atoms with Crippen molar-refractivity contribution in [2.75, 3.05) is 0 Å². The van der Waals surface area contributed by atoms with Gasteiger partial charge in [-0.05, 0) is 0 Å². The minimum Gasteiger partial charge on any atom is -1.00 e. The van der Waals surface area contributed by atoms with Crippen LogP contribution in [0.15, 0.2) is 0 Å². The van der Waals surface area contributed by atoms with Crippen molar-refractivity contribution in [1.29, 1.82) is 0 Å². The standard InChI is InChI=1S/B.Ca.H2O.Y.2H/h;;1H2;;;/q;+2;;;2*-1.